The van der Waals surface area contributed by atoms with Crippen LogP contribution in [0.4, 0.5) is 13.6 Å². The zero-order valence-corrected chi connectivity index (χ0v) is 13.6. The number of halogens is 3. The van der Waals surface area contributed by atoms with E-state index < -0.39 is 17.7 Å². The summed E-state index contributed by atoms with van der Waals surface area (Å²) in [5.74, 6) is -1.84. The minimum absolute atomic E-state index is 0.308. The molecule has 2 rings (SSSR count). The van der Waals surface area contributed by atoms with Crippen molar-refractivity contribution in [3.8, 4) is 0 Å². The lowest BCUT2D eigenvalue weighted by Gasteiger charge is -2.22. The van der Waals surface area contributed by atoms with Crippen molar-refractivity contribution in [2.75, 3.05) is 7.05 Å². The van der Waals surface area contributed by atoms with E-state index in [1.807, 2.05) is 12.1 Å². The summed E-state index contributed by atoms with van der Waals surface area (Å²) in [6.45, 7) is 2.12. The van der Waals surface area contributed by atoms with E-state index in [0.29, 0.717) is 17.1 Å². The minimum atomic E-state index is -0.932. The highest BCUT2D eigenvalue weighted by Gasteiger charge is 2.15. The van der Waals surface area contributed by atoms with Crippen molar-refractivity contribution in [1.29, 1.82) is 0 Å². The van der Waals surface area contributed by atoms with Crippen LogP contribution in [0.2, 0.25) is 5.02 Å². The molecule has 0 aromatic heterocycles. The van der Waals surface area contributed by atoms with E-state index in [4.69, 9.17) is 11.6 Å². The topological polar surface area (TPSA) is 32.3 Å². The first-order chi connectivity index (χ1) is 10.9. The van der Waals surface area contributed by atoms with Crippen LogP contribution in [0.5, 0.6) is 0 Å². The van der Waals surface area contributed by atoms with Crippen LogP contribution >= 0.6 is 11.6 Å². The number of carbonyl (C=O) groups excluding carboxylic acids is 1. The normalized spacial score (nSPS) is 11.9. The fourth-order valence-corrected chi connectivity index (χ4v) is 2.22. The third kappa shape index (κ3) is 4.66. The van der Waals surface area contributed by atoms with Crippen molar-refractivity contribution < 1.29 is 13.6 Å². The lowest BCUT2D eigenvalue weighted by molar-refractivity contribution is 0.203. The Bertz CT molecular complexity index is 691. The molecule has 1 unspecified atom stereocenters. The Morgan fingerprint density at radius 1 is 1.17 bits per heavy atom. The van der Waals surface area contributed by atoms with Gasteiger partial charge in [0.2, 0.25) is 0 Å². The number of nitrogens with one attached hydrogen (secondary N) is 1. The summed E-state index contributed by atoms with van der Waals surface area (Å²) >= 11 is 5.82. The smallest absolute Gasteiger partial charge is 0.317 e. The average molecular weight is 339 g/mol. The van der Waals surface area contributed by atoms with Crippen LogP contribution in [0, 0.1) is 11.6 Å². The molecule has 2 amide bonds. The van der Waals surface area contributed by atoms with Crippen LogP contribution < -0.4 is 5.32 Å². The van der Waals surface area contributed by atoms with Crippen LogP contribution in [0.3, 0.4) is 0 Å². The average Bonchev–Trinajstić information content (AvgIpc) is 2.52. The SMILES string of the molecule is CC(NC(=O)N(C)Cc1ccc(Cl)cc1)c1ccc(F)c(F)c1. The highest BCUT2D eigenvalue weighted by Crippen LogP contribution is 2.16. The maximum Gasteiger partial charge on any atom is 0.317 e. The molecule has 3 nitrogen and oxygen atoms in total. The number of hydrogen-bond donors (Lipinski definition) is 1. The van der Waals surface area contributed by atoms with Crippen molar-refractivity contribution in [2.24, 2.45) is 0 Å². The first-order valence-corrected chi connectivity index (χ1v) is 7.45. The van der Waals surface area contributed by atoms with Gasteiger partial charge in [0.25, 0.3) is 0 Å². The van der Waals surface area contributed by atoms with Crippen LogP contribution in [-0.4, -0.2) is 18.0 Å². The molecule has 2 aromatic rings. The van der Waals surface area contributed by atoms with E-state index in [0.717, 1.165) is 17.7 Å². The summed E-state index contributed by atoms with van der Waals surface area (Å²) in [6.07, 6.45) is 0. The molecular formula is C17H17ClF2N2O. The monoisotopic (exact) mass is 338 g/mol. The summed E-state index contributed by atoms with van der Waals surface area (Å²) < 4.78 is 26.2. The van der Waals surface area contributed by atoms with Gasteiger partial charge >= 0.3 is 6.03 Å². The lowest BCUT2D eigenvalue weighted by Crippen LogP contribution is -2.38. The van der Waals surface area contributed by atoms with Crippen molar-refractivity contribution in [3.05, 3.63) is 70.2 Å². The lowest BCUT2D eigenvalue weighted by atomic mass is 10.1. The van der Waals surface area contributed by atoms with Gasteiger partial charge in [-0.05, 0) is 42.3 Å². The van der Waals surface area contributed by atoms with E-state index in [-0.39, 0.29) is 6.03 Å². The van der Waals surface area contributed by atoms with Gasteiger partial charge in [-0.1, -0.05) is 29.8 Å². The molecule has 2 aromatic carbocycles. The molecule has 0 bridgehead atoms. The fraction of sp³-hybridized carbons (Fsp3) is 0.235. The van der Waals surface area contributed by atoms with Crippen molar-refractivity contribution in [2.45, 2.75) is 19.5 Å². The molecule has 1 atom stereocenters. The van der Waals surface area contributed by atoms with E-state index >= 15 is 0 Å². The predicted octanol–water partition coefficient (Wildman–Crippen LogP) is 4.52. The Hall–Kier alpha value is -2.14. The Labute approximate surface area is 138 Å². The number of rotatable bonds is 4. The Kier molecular flexibility index (Phi) is 5.55. The minimum Gasteiger partial charge on any atom is -0.331 e. The number of nitrogens with zero attached hydrogens (tertiary/aromatic N) is 1. The summed E-state index contributed by atoms with van der Waals surface area (Å²) in [5.41, 5.74) is 1.43. The summed E-state index contributed by atoms with van der Waals surface area (Å²) in [7, 11) is 1.65. The molecule has 6 heteroatoms. The maximum atomic E-state index is 13.2. The Balaban J connectivity index is 1.96. The zero-order valence-electron chi connectivity index (χ0n) is 12.8. The van der Waals surface area contributed by atoms with E-state index in [9.17, 15) is 13.6 Å². The van der Waals surface area contributed by atoms with Crippen molar-refractivity contribution >= 4 is 17.6 Å². The molecule has 0 aliphatic heterocycles. The van der Waals surface area contributed by atoms with Gasteiger partial charge in [-0.3, -0.25) is 0 Å². The number of amides is 2. The quantitative estimate of drug-likeness (QED) is 0.873. The van der Waals surface area contributed by atoms with Crippen LogP contribution in [0.1, 0.15) is 24.1 Å². The first-order valence-electron chi connectivity index (χ1n) is 7.08. The second-order valence-electron chi connectivity index (χ2n) is 5.33. The molecule has 23 heavy (non-hydrogen) atoms. The van der Waals surface area contributed by atoms with Crippen molar-refractivity contribution in [3.63, 3.8) is 0 Å². The zero-order chi connectivity index (χ0) is 17.0. The molecular weight excluding hydrogens is 322 g/mol. The largest absolute Gasteiger partial charge is 0.331 e. The van der Waals surface area contributed by atoms with Gasteiger partial charge in [-0.2, -0.15) is 0 Å². The maximum absolute atomic E-state index is 13.2. The number of hydrogen-bond acceptors (Lipinski definition) is 1. The third-order valence-corrected chi connectivity index (χ3v) is 3.72. The standard InChI is InChI=1S/C17H17ClF2N2O/c1-11(13-5-8-15(19)16(20)9-13)21-17(23)22(2)10-12-3-6-14(18)7-4-12/h3-9,11H,10H2,1-2H3,(H,21,23). The van der Waals surface area contributed by atoms with Gasteiger partial charge < -0.3 is 10.2 Å². The fourth-order valence-electron chi connectivity index (χ4n) is 2.10. The number of urea groups is 1. The molecule has 0 fully saturated rings. The molecule has 0 aliphatic rings. The van der Waals surface area contributed by atoms with Crippen LogP contribution in [0.25, 0.3) is 0 Å². The van der Waals surface area contributed by atoms with Crippen LogP contribution in [0.15, 0.2) is 42.5 Å². The first kappa shape index (κ1) is 17.2. The van der Waals surface area contributed by atoms with Gasteiger partial charge in [0, 0.05) is 18.6 Å². The molecule has 0 saturated carbocycles. The van der Waals surface area contributed by atoms with E-state index in [2.05, 4.69) is 5.32 Å². The summed E-state index contributed by atoms with van der Waals surface area (Å²) in [5, 5.41) is 3.38. The van der Waals surface area contributed by atoms with E-state index in [1.165, 1.54) is 11.0 Å². The van der Waals surface area contributed by atoms with E-state index in [1.54, 1.807) is 26.1 Å². The van der Waals surface area contributed by atoms with Crippen molar-refractivity contribution in [1.82, 2.24) is 10.2 Å². The molecule has 0 heterocycles. The molecule has 0 spiro atoms. The Morgan fingerprint density at radius 3 is 2.43 bits per heavy atom. The summed E-state index contributed by atoms with van der Waals surface area (Å²) in [6, 6.07) is 10.0. The molecule has 0 radical (unpaired) electrons. The number of carbonyl (C=O) groups is 1. The second-order valence-corrected chi connectivity index (χ2v) is 5.76. The molecule has 122 valence electrons. The predicted molar refractivity (Wildman–Crippen MR) is 86.2 cm³/mol. The van der Waals surface area contributed by atoms with Gasteiger partial charge in [0.15, 0.2) is 11.6 Å². The highest BCUT2D eigenvalue weighted by atomic mass is 35.5. The van der Waals surface area contributed by atoms with Gasteiger partial charge in [0.05, 0.1) is 6.04 Å². The van der Waals surface area contributed by atoms with Crippen LogP contribution in [-0.2, 0) is 6.54 Å². The highest BCUT2D eigenvalue weighted by molar-refractivity contribution is 6.30. The Morgan fingerprint density at radius 2 is 1.83 bits per heavy atom. The second kappa shape index (κ2) is 7.42. The van der Waals surface area contributed by atoms with Gasteiger partial charge in [-0.15, -0.1) is 0 Å². The molecule has 0 aliphatic carbocycles. The number of benzene rings is 2. The molecule has 0 saturated heterocycles. The molecule has 1 N–H and O–H groups in total. The third-order valence-electron chi connectivity index (χ3n) is 3.46. The van der Waals surface area contributed by atoms with Gasteiger partial charge in [-0.25, -0.2) is 13.6 Å². The van der Waals surface area contributed by atoms with Gasteiger partial charge in [0.1, 0.15) is 0 Å². The summed E-state index contributed by atoms with van der Waals surface area (Å²) in [4.78, 5) is 13.7.